The lowest BCUT2D eigenvalue weighted by Crippen LogP contribution is -2.29. The van der Waals surface area contributed by atoms with Crippen molar-refractivity contribution in [1.82, 2.24) is 19.5 Å². The lowest BCUT2D eigenvalue weighted by molar-refractivity contribution is -0.144. The van der Waals surface area contributed by atoms with Gasteiger partial charge in [-0.25, -0.2) is 9.78 Å². The number of hydrogen-bond acceptors (Lipinski definition) is 4. The highest BCUT2D eigenvalue weighted by Crippen LogP contribution is 2.27. The second-order valence-electron chi connectivity index (χ2n) is 3.25. The predicted molar refractivity (Wildman–Crippen MR) is 50.4 cm³/mol. The van der Waals surface area contributed by atoms with Gasteiger partial charge in [-0.3, -0.25) is 9.55 Å². The fourth-order valence-corrected chi connectivity index (χ4v) is 1.35. The molecule has 0 aromatic carbocycles. The summed E-state index contributed by atoms with van der Waals surface area (Å²) in [5, 5.41) is 3.19. The molecule has 0 saturated heterocycles. The first-order valence-electron chi connectivity index (χ1n) is 4.34. The summed E-state index contributed by atoms with van der Waals surface area (Å²) >= 11 is 0. The van der Waals surface area contributed by atoms with Gasteiger partial charge in [0.1, 0.15) is 5.52 Å². The Morgan fingerprint density at radius 2 is 2.06 bits per heavy atom. The number of halogens is 3. The van der Waals surface area contributed by atoms with Crippen LogP contribution in [0.2, 0.25) is 0 Å². The highest BCUT2D eigenvalue weighted by atomic mass is 19.4. The van der Waals surface area contributed by atoms with Gasteiger partial charge in [0.05, 0.1) is 0 Å². The normalized spacial score (nSPS) is 13.5. The molecule has 0 fully saturated rings. The molecule has 0 bridgehead atoms. The quantitative estimate of drug-likeness (QED) is 0.427. The standard InChI is InChI=1S/C7H7F3N6O/c1-16-4-2(3(15-11)13-6(16)17)12-5(14-4)7(8,9)10/h11H2,1H3,(H,12,14)(H,13,15,17). The molecule has 2 aromatic heterocycles. The van der Waals surface area contributed by atoms with E-state index in [1.807, 2.05) is 4.98 Å². The van der Waals surface area contributed by atoms with Crippen molar-refractivity contribution in [3.8, 4) is 0 Å². The number of aromatic amines is 2. The predicted octanol–water partition coefficient (Wildman–Crippen LogP) is -0.617. The van der Waals surface area contributed by atoms with Crippen molar-refractivity contribution in [3.63, 3.8) is 0 Å². The molecule has 4 N–H and O–H groups in total. The van der Waals surface area contributed by atoms with Crippen LogP contribution in [0.3, 0.4) is 0 Å². The fourth-order valence-electron chi connectivity index (χ4n) is 1.35. The molecular formula is C7H7F3N6O. The van der Waals surface area contributed by atoms with Crippen molar-refractivity contribution in [2.45, 2.75) is 6.18 Å². The molecule has 92 valence electrons. The Kier molecular flexibility index (Phi) is 2.22. The molecule has 17 heavy (non-hydrogen) atoms. The molecule has 2 aromatic rings. The average Bonchev–Trinajstić information content (AvgIpc) is 2.68. The third-order valence-corrected chi connectivity index (χ3v) is 2.17. The van der Waals surface area contributed by atoms with Gasteiger partial charge in [0.2, 0.25) is 5.82 Å². The van der Waals surface area contributed by atoms with E-state index in [-0.39, 0.29) is 16.7 Å². The number of nitrogens with two attached hydrogens (primary N) is 1. The van der Waals surface area contributed by atoms with Crippen LogP contribution in [0.1, 0.15) is 5.82 Å². The Balaban J connectivity index is 2.95. The van der Waals surface area contributed by atoms with E-state index in [0.717, 1.165) is 4.57 Å². The Morgan fingerprint density at radius 3 is 2.59 bits per heavy atom. The minimum atomic E-state index is -4.64. The van der Waals surface area contributed by atoms with Gasteiger partial charge in [0.25, 0.3) is 0 Å². The van der Waals surface area contributed by atoms with Crippen LogP contribution in [-0.2, 0) is 13.2 Å². The average molecular weight is 248 g/mol. The molecule has 2 rings (SSSR count). The number of nitrogens with zero attached hydrogens (tertiary/aromatic N) is 3. The van der Waals surface area contributed by atoms with Crippen LogP contribution < -0.4 is 17.0 Å². The number of alkyl halides is 3. The Labute approximate surface area is 90.8 Å². The van der Waals surface area contributed by atoms with E-state index < -0.39 is 17.7 Å². The van der Waals surface area contributed by atoms with Crippen molar-refractivity contribution in [3.05, 3.63) is 21.8 Å². The molecular weight excluding hydrogens is 241 g/mol. The van der Waals surface area contributed by atoms with Gasteiger partial charge in [-0.15, -0.1) is 0 Å². The number of nitrogens with one attached hydrogen (secondary N) is 2. The lowest BCUT2D eigenvalue weighted by atomic mass is 10.5. The summed E-state index contributed by atoms with van der Waals surface area (Å²) < 4.78 is 38.2. The Morgan fingerprint density at radius 1 is 1.41 bits per heavy atom. The minimum absolute atomic E-state index is 0.0816. The zero-order chi connectivity index (χ0) is 12.8. The molecule has 0 amide bonds. The number of aryl methyl sites for hydroxylation is 1. The molecule has 0 saturated carbocycles. The van der Waals surface area contributed by atoms with Gasteiger partial charge < -0.3 is 10.8 Å². The highest BCUT2D eigenvalue weighted by Gasteiger charge is 2.35. The number of H-pyrrole nitrogens is 2. The zero-order valence-electron chi connectivity index (χ0n) is 8.46. The SMILES string of the molecule is Cn1c(=O)[nH]/c(=N\N)c2[nH]c(C(F)(F)F)nc21. The van der Waals surface area contributed by atoms with Gasteiger partial charge in [-0.2, -0.15) is 18.3 Å². The van der Waals surface area contributed by atoms with Crippen LogP contribution in [0.25, 0.3) is 11.2 Å². The van der Waals surface area contributed by atoms with Gasteiger partial charge >= 0.3 is 11.9 Å². The summed E-state index contributed by atoms with van der Waals surface area (Å²) in [4.78, 5) is 18.9. The van der Waals surface area contributed by atoms with E-state index in [4.69, 9.17) is 5.84 Å². The summed E-state index contributed by atoms with van der Waals surface area (Å²) in [6.45, 7) is 0. The maximum absolute atomic E-state index is 12.4. The number of hydrogen-bond donors (Lipinski definition) is 3. The van der Waals surface area contributed by atoms with E-state index in [2.05, 4.69) is 15.1 Å². The van der Waals surface area contributed by atoms with Crippen LogP contribution in [0.4, 0.5) is 13.2 Å². The maximum Gasteiger partial charge on any atom is 0.449 e. The first-order valence-corrected chi connectivity index (χ1v) is 4.34. The van der Waals surface area contributed by atoms with Crippen molar-refractivity contribution < 1.29 is 13.2 Å². The number of aromatic nitrogens is 4. The molecule has 7 nitrogen and oxygen atoms in total. The molecule has 0 atom stereocenters. The van der Waals surface area contributed by atoms with E-state index in [1.165, 1.54) is 7.05 Å². The summed E-state index contributed by atoms with van der Waals surface area (Å²) in [6, 6.07) is 0. The van der Waals surface area contributed by atoms with Gasteiger partial charge in [0, 0.05) is 7.05 Å². The minimum Gasteiger partial charge on any atom is -0.330 e. The van der Waals surface area contributed by atoms with Crippen LogP contribution in [-0.4, -0.2) is 19.5 Å². The van der Waals surface area contributed by atoms with Gasteiger partial charge in [-0.05, 0) is 0 Å². The van der Waals surface area contributed by atoms with E-state index in [0.29, 0.717) is 0 Å². The largest absolute Gasteiger partial charge is 0.449 e. The Hall–Kier alpha value is -2.26. The van der Waals surface area contributed by atoms with E-state index in [9.17, 15) is 18.0 Å². The smallest absolute Gasteiger partial charge is 0.330 e. The molecule has 0 radical (unpaired) electrons. The summed E-state index contributed by atoms with van der Waals surface area (Å²) in [5.41, 5.74) is -1.11. The summed E-state index contributed by atoms with van der Waals surface area (Å²) in [6.07, 6.45) is -4.64. The zero-order valence-corrected chi connectivity index (χ0v) is 8.46. The van der Waals surface area contributed by atoms with Crippen molar-refractivity contribution in [2.75, 3.05) is 0 Å². The first kappa shape index (κ1) is 11.2. The third-order valence-electron chi connectivity index (χ3n) is 2.17. The molecule has 0 unspecified atom stereocenters. The monoisotopic (exact) mass is 248 g/mol. The topological polar surface area (TPSA) is 105 Å². The third kappa shape index (κ3) is 1.66. The summed E-state index contributed by atoms with van der Waals surface area (Å²) in [7, 11) is 1.28. The lowest BCUT2D eigenvalue weighted by Gasteiger charge is -1.98. The second-order valence-corrected chi connectivity index (χ2v) is 3.25. The maximum atomic E-state index is 12.4. The van der Waals surface area contributed by atoms with Crippen LogP contribution in [0, 0.1) is 0 Å². The second kappa shape index (κ2) is 3.37. The molecule has 0 aliphatic carbocycles. The fraction of sp³-hybridized carbons (Fsp3) is 0.286. The first-order chi connectivity index (χ1) is 7.84. The van der Waals surface area contributed by atoms with Crippen LogP contribution in [0.5, 0.6) is 0 Å². The molecule has 0 spiro atoms. The van der Waals surface area contributed by atoms with Crippen molar-refractivity contribution in [1.29, 1.82) is 0 Å². The van der Waals surface area contributed by atoms with Crippen molar-refractivity contribution in [2.24, 2.45) is 18.0 Å². The number of rotatable bonds is 0. The highest BCUT2D eigenvalue weighted by molar-refractivity contribution is 5.69. The van der Waals surface area contributed by atoms with Gasteiger partial charge in [0.15, 0.2) is 11.1 Å². The van der Waals surface area contributed by atoms with Crippen molar-refractivity contribution >= 4 is 11.2 Å². The number of imidazole rings is 1. The molecule has 2 heterocycles. The van der Waals surface area contributed by atoms with Gasteiger partial charge in [-0.1, -0.05) is 0 Å². The molecule has 0 aliphatic rings. The van der Waals surface area contributed by atoms with Crippen LogP contribution in [0.15, 0.2) is 9.90 Å². The van der Waals surface area contributed by atoms with E-state index in [1.54, 1.807) is 0 Å². The van der Waals surface area contributed by atoms with Crippen LogP contribution >= 0.6 is 0 Å². The molecule has 10 heteroatoms. The van der Waals surface area contributed by atoms with E-state index >= 15 is 0 Å². The molecule has 0 aliphatic heterocycles. The number of fused-ring (bicyclic) bond motifs is 1. The Bertz CT molecular complexity index is 690. The summed E-state index contributed by atoms with van der Waals surface area (Å²) in [5.74, 6) is 3.75.